The molecule has 0 spiro atoms. The van der Waals surface area contributed by atoms with Crippen LogP contribution in [0.1, 0.15) is 30.6 Å². The van der Waals surface area contributed by atoms with Crippen molar-refractivity contribution in [2.45, 2.75) is 20.3 Å². The predicted molar refractivity (Wildman–Crippen MR) is 66.2 cm³/mol. The fourth-order valence-corrected chi connectivity index (χ4v) is 2.19. The Morgan fingerprint density at radius 3 is 2.82 bits per heavy atom. The third kappa shape index (κ3) is 2.18. The van der Waals surface area contributed by atoms with Gasteiger partial charge in [0.15, 0.2) is 5.82 Å². The summed E-state index contributed by atoms with van der Waals surface area (Å²) < 4.78 is 0. The van der Waals surface area contributed by atoms with E-state index in [1.165, 1.54) is 12.3 Å². The molecule has 1 aliphatic heterocycles. The predicted octanol–water partition coefficient (Wildman–Crippen LogP) is 1.60. The first-order valence-electron chi connectivity index (χ1n) is 5.63. The molecule has 2 heterocycles. The van der Waals surface area contributed by atoms with E-state index in [1.807, 2.05) is 0 Å². The largest absolute Gasteiger partial charge is 0.478 e. The SMILES string of the molecule is CC1(C)CCN(c2nccc(C(=O)O)c2N)C1. The minimum atomic E-state index is -1.01. The number of carboxylic acids is 1. The van der Waals surface area contributed by atoms with Gasteiger partial charge in [-0.15, -0.1) is 0 Å². The molecule has 17 heavy (non-hydrogen) atoms. The molecule has 5 heteroatoms. The molecule has 1 aliphatic rings. The Kier molecular flexibility index (Phi) is 2.69. The van der Waals surface area contributed by atoms with Crippen molar-refractivity contribution in [1.82, 2.24) is 4.98 Å². The summed E-state index contributed by atoms with van der Waals surface area (Å²) in [6, 6.07) is 1.43. The summed E-state index contributed by atoms with van der Waals surface area (Å²) in [5.41, 5.74) is 6.48. The third-order valence-electron chi connectivity index (χ3n) is 3.18. The minimum Gasteiger partial charge on any atom is -0.478 e. The van der Waals surface area contributed by atoms with E-state index in [4.69, 9.17) is 10.8 Å². The maximum Gasteiger partial charge on any atom is 0.337 e. The van der Waals surface area contributed by atoms with E-state index in [2.05, 4.69) is 23.7 Å². The maximum atomic E-state index is 11.0. The van der Waals surface area contributed by atoms with Crippen LogP contribution in [0.3, 0.4) is 0 Å². The first-order valence-corrected chi connectivity index (χ1v) is 5.63. The lowest BCUT2D eigenvalue weighted by Gasteiger charge is -2.22. The molecular formula is C12H17N3O2. The third-order valence-corrected chi connectivity index (χ3v) is 3.18. The van der Waals surface area contributed by atoms with Gasteiger partial charge in [0.2, 0.25) is 0 Å². The number of anilines is 2. The van der Waals surface area contributed by atoms with Gasteiger partial charge in [0.25, 0.3) is 0 Å². The van der Waals surface area contributed by atoms with Gasteiger partial charge >= 0.3 is 5.97 Å². The lowest BCUT2D eigenvalue weighted by atomic mass is 9.93. The molecule has 0 aromatic carbocycles. The summed E-state index contributed by atoms with van der Waals surface area (Å²) in [6.45, 7) is 6.09. The number of rotatable bonds is 2. The molecular weight excluding hydrogens is 218 g/mol. The molecule has 0 atom stereocenters. The van der Waals surface area contributed by atoms with Gasteiger partial charge < -0.3 is 15.7 Å². The van der Waals surface area contributed by atoms with Crippen molar-refractivity contribution in [2.75, 3.05) is 23.7 Å². The summed E-state index contributed by atoms with van der Waals surface area (Å²) >= 11 is 0. The smallest absolute Gasteiger partial charge is 0.337 e. The van der Waals surface area contributed by atoms with E-state index < -0.39 is 5.97 Å². The van der Waals surface area contributed by atoms with Crippen molar-refractivity contribution in [2.24, 2.45) is 5.41 Å². The number of hydrogen-bond donors (Lipinski definition) is 2. The highest BCUT2D eigenvalue weighted by molar-refractivity contribution is 5.96. The van der Waals surface area contributed by atoms with Gasteiger partial charge in [-0.2, -0.15) is 0 Å². The number of aromatic nitrogens is 1. The zero-order valence-corrected chi connectivity index (χ0v) is 10.1. The second kappa shape index (κ2) is 3.91. The van der Waals surface area contributed by atoms with Crippen LogP contribution >= 0.6 is 0 Å². The second-order valence-corrected chi connectivity index (χ2v) is 5.24. The Morgan fingerprint density at radius 1 is 1.59 bits per heavy atom. The molecule has 5 nitrogen and oxygen atoms in total. The molecule has 92 valence electrons. The lowest BCUT2D eigenvalue weighted by Crippen LogP contribution is -2.25. The quantitative estimate of drug-likeness (QED) is 0.813. The number of nitrogens with zero attached hydrogens (tertiary/aromatic N) is 2. The molecule has 0 unspecified atom stereocenters. The number of aromatic carboxylic acids is 1. The molecule has 0 amide bonds. The Morgan fingerprint density at radius 2 is 2.29 bits per heavy atom. The van der Waals surface area contributed by atoms with Crippen molar-refractivity contribution >= 4 is 17.5 Å². The second-order valence-electron chi connectivity index (χ2n) is 5.24. The van der Waals surface area contributed by atoms with Crippen molar-refractivity contribution in [3.05, 3.63) is 17.8 Å². The van der Waals surface area contributed by atoms with Crippen molar-refractivity contribution in [3.8, 4) is 0 Å². The number of nitrogens with two attached hydrogens (primary N) is 1. The highest BCUT2D eigenvalue weighted by Gasteiger charge is 2.31. The van der Waals surface area contributed by atoms with Crippen LogP contribution in [0.15, 0.2) is 12.3 Å². The molecule has 1 saturated heterocycles. The Labute approximate surface area is 100 Å². The number of carboxylic acid groups (broad SMARTS) is 1. The van der Waals surface area contributed by atoms with Gasteiger partial charge in [0.05, 0.1) is 11.3 Å². The summed E-state index contributed by atoms with van der Waals surface area (Å²) in [6.07, 6.45) is 2.56. The Hall–Kier alpha value is -1.78. The fourth-order valence-electron chi connectivity index (χ4n) is 2.19. The zero-order valence-electron chi connectivity index (χ0n) is 10.1. The van der Waals surface area contributed by atoms with E-state index >= 15 is 0 Å². The van der Waals surface area contributed by atoms with E-state index in [0.29, 0.717) is 5.82 Å². The van der Waals surface area contributed by atoms with Gasteiger partial charge in [0, 0.05) is 19.3 Å². The average Bonchev–Trinajstić information content (AvgIpc) is 2.58. The molecule has 0 saturated carbocycles. The molecule has 0 aliphatic carbocycles. The Balaban J connectivity index is 2.34. The van der Waals surface area contributed by atoms with Crippen LogP contribution in [0.4, 0.5) is 11.5 Å². The molecule has 1 fully saturated rings. The van der Waals surface area contributed by atoms with Crippen LogP contribution in [-0.2, 0) is 0 Å². The molecule has 0 radical (unpaired) electrons. The normalized spacial score (nSPS) is 18.4. The minimum absolute atomic E-state index is 0.125. The molecule has 1 aromatic heterocycles. The van der Waals surface area contributed by atoms with Crippen molar-refractivity contribution < 1.29 is 9.90 Å². The lowest BCUT2D eigenvalue weighted by molar-refractivity contribution is 0.0698. The monoisotopic (exact) mass is 235 g/mol. The van der Waals surface area contributed by atoms with E-state index in [9.17, 15) is 4.79 Å². The van der Waals surface area contributed by atoms with E-state index in [0.717, 1.165) is 19.5 Å². The van der Waals surface area contributed by atoms with Crippen LogP contribution in [0.5, 0.6) is 0 Å². The summed E-state index contributed by atoms with van der Waals surface area (Å²) in [5, 5.41) is 9.01. The summed E-state index contributed by atoms with van der Waals surface area (Å²) in [5.74, 6) is -0.417. The van der Waals surface area contributed by atoms with Gasteiger partial charge in [-0.05, 0) is 17.9 Å². The van der Waals surface area contributed by atoms with Crippen molar-refractivity contribution in [3.63, 3.8) is 0 Å². The average molecular weight is 235 g/mol. The summed E-state index contributed by atoms with van der Waals surface area (Å²) in [7, 11) is 0. The summed E-state index contributed by atoms with van der Waals surface area (Å²) in [4.78, 5) is 17.3. The van der Waals surface area contributed by atoms with Crippen LogP contribution in [0.2, 0.25) is 0 Å². The highest BCUT2D eigenvalue weighted by atomic mass is 16.4. The Bertz CT molecular complexity index is 457. The number of nitrogen functional groups attached to an aromatic ring is 1. The van der Waals surface area contributed by atoms with Crippen LogP contribution < -0.4 is 10.6 Å². The zero-order chi connectivity index (χ0) is 12.6. The first kappa shape index (κ1) is 11.7. The molecule has 0 bridgehead atoms. The fraction of sp³-hybridized carbons (Fsp3) is 0.500. The topological polar surface area (TPSA) is 79.5 Å². The molecule has 3 N–H and O–H groups in total. The van der Waals surface area contributed by atoms with Gasteiger partial charge in [-0.25, -0.2) is 9.78 Å². The van der Waals surface area contributed by atoms with Crippen LogP contribution in [-0.4, -0.2) is 29.1 Å². The number of pyridine rings is 1. The maximum absolute atomic E-state index is 11.0. The van der Waals surface area contributed by atoms with Gasteiger partial charge in [-0.3, -0.25) is 0 Å². The first-order chi connectivity index (χ1) is 7.91. The van der Waals surface area contributed by atoms with Gasteiger partial charge in [0.1, 0.15) is 0 Å². The number of hydrogen-bond acceptors (Lipinski definition) is 4. The molecule has 1 aromatic rings. The standard InChI is InChI=1S/C12H17N3O2/c1-12(2)4-6-15(7-12)10-9(13)8(11(16)17)3-5-14-10/h3,5H,4,6-7,13H2,1-2H3,(H,16,17). The van der Waals surface area contributed by atoms with Gasteiger partial charge in [-0.1, -0.05) is 13.8 Å². The van der Waals surface area contributed by atoms with Crippen LogP contribution in [0, 0.1) is 5.41 Å². The van der Waals surface area contributed by atoms with E-state index in [-0.39, 0.29) is 16.7 Å². The van der Waals surface area contributed by atoms with Crippen LogP contribution in [0.25, 0.3) is 0 Å². The molecule has 2 rings (SSSR count). The van der Waals surface area contributed by atoms with Crippen molar-refractivity contribution in [1.29, 1.82) is 0 Å². The highest BCUT2D eigenvalue weighted by Crippen LogP contribution is 2.34. The number of carbonyl (C=O) groups is 1. The van der Waals surface area contributed by atoms with E-state index in [1.54, 1.807) is 0 Å².